The monoisotopic (exact) mass is 353 g/mol. The van der Waals surface area contributed by atoms with Crippen LogP contribution in [0.2, 0.25) is 0 Å². The molecular weight excluding hydrogens is 330 g/mol. The lowest BCUT2D eigenvalue weighted by Gasteiger charge is -2.32. The van der Waals surface area contributed by atoms with Crippen LogP contribution in [0, 0.1) is 0 Å². The minimum Gasteiger partial charge on any atom is -0.454 e. The fraction of sp³-hybridized carbons (Fsp3) is 0.350. The fourth-order valence-electron chi connectivity index (χ4n) is 3.20. The number of rotatable bonds is 4. The highest BCUT2D eigenvalue weighted by Crippen LogP contribution is 2.32. The van der Waals surface area contributed by atoms with E-state index >= 15 is 0 Å². The van der Waals surface area contributed by atoms with Gasteiger partial charge in [0.1, 0.15) is 0 Å². The van der Waals surface area contributed by atoms with Gasteiger partial charge in [0.15, 0.2) is 11.5 Å². The van der Waals surface area contributed by atoms with Crippen LogP contribution in [0.5, 0.6) is 11.5 Å². The highest BCUT2D eigenvalue weighted by molar-refractivity contribution is 6.04. The molecule has 2 aromatic carbocycles. The van der Waals surface area contributed by atoms with E-state index in [1.807, 2.05) is 12.1 Å². The predicted molar refractivity (Wildman–Crippen MR) is 99.7 cm³/mol. The number of ether oxygens (including phenoxy) is 2. The van der Waals surface area contributed by atoms with Gasteiger partial charge in [-0.1, -0.05) is 12.1 Å². The Bertz CT molecular complexity index is 783. The molecule has 0 atom stereocenters. The second-order valence-corrected chi connectivity index (χ2v) is 6.80. The van der Waals surface area contributed by atoms with Crippen molar-refractivity contribution in [3.63, 3.8) is 0 Å². The Morgan fingerprint density at radius 3 is 2.50 bits per heavy atom. The Balaban J connectivity index is 1.35. The molecule has 0 spiro atoms. The highest BCUT2D eigenvalue weighted by atomic mass is 16.7. The number of likely N-dealkylation sites (N-methyl/N-ethyl adjacent to an activating group) is 1. The summed E-state index contributed by atoms with van der Waals surface area (Å²) in [5.41, 5.74) is 2.60. The molecule has 4 rings (SSSR count). The van der Waals surface area contributed by atoms with Crippen molar-refractivity contribution in [2.24, 2.45) is 0 Å². The van der Waals surface area contributed by atoms with E-state index in [2.05, 4.69) is 34.3 Å². The molecule has 2 aromatic rings. The number of nitrogens with one attached hydrogen (secondary N) is 1. The van der Waals surface area contributed by atoms with Gasteiger partial charge in [-0.2, -0.15) is 0 Å². The topological polar surface area (TPSA) is 54.0 Å². The molecule has 6 heteroatoms. The summed E-state index contributed by atoms with van der Waals surface area (Å²) in [5, 5.41) is 2.93. The van der Waals surface area contributed by atoms with E-state index in [0.717, 1.165) is 38.4 Å². The van der Waals surface area contributed by atoms with Gasteiger partial charge in [0.25, 0.3) is 5.91 Å². The number of carbonyl (C=O) groups is 1. The van der Waals surface area contributed by atoms with Crippen molar-refractivity contribution >= 4 is 11.6 Å². The molecule has 1 saturated heterocycles. The molecule has 2 aliphatic heterocycles. The summed E-state index contributed by atoms with van der Waals surface area (Å²) in [5.74, 6) is 1.13. The van der Waals surface area contributed by atoms with Crippen molar-refractivity contribution in [2.75, 3.05) is 45.3 Å². The number of fused-ring (bicyclic) bond motifs is 1. The number of nitrogens with zero attached hydrogens (tertiary/aromatic N) is 2. The Kier molecular flexibility index (Phi) is 4.77. The van der Waals surface area contributed by atoms with E-state index in [-0.39, 0.29) is 12.7 Å². The van der Waals surface area contributed by atoms with E-state index in [0.29, 0.717) is 17.1 Å². The normalized spacial score (nSPS) is 17.3. The Labute approximate surface area is 153 Å². The van der Waals surface area contributed by atoms with E-state index < -0.39 is 0 Å². The van der Waals surface area contributed by atoms with Crippen LogP contribution in [0.3, 0.4) is 0 Å². The van der Waals surface area contributed by atoms with Crippen molar-refractivity contribution in [1.29, 1.82) is 0 Å². The zero-order valence-corrected chi connectivity index (χ0v) is 14.9. The summed E-state index contributed by atoms with van der Waals surface area (Å²) in [7, 11) is 2.16. The molecule has 0 bridgehead atoms. The van der Waals surface area contributed by atoms with Gasteiger partial charge in [0.05, 0.1) is 0 Å². The van der Waals surface area contributed by atoms with Gasteiger partial charge in [-0.25, -0.2) is 0 Å². The number of hydrogen-bond acceptors (Lipinski definition) is 5. The van der Waals surface area contributed by atoms with Crippen LogP contribution < -0.4 is 14.8 Å². The lowest BCUT2D eigenvalue weighted by molar-refractivity contribution is 0.102. The standard InChI is InChI=1S/C20H23N3O3/c1-22-8-10-23(11-9-22)13-15-2-5-17(6-3-15)21-20(24)16-4-7-18-19(12-16)26-14-25-18/h2-7,12H,8-11,13-14H2,1H3,(H,21,24). The quantitative estimate of drug-likeness (QED) is 0.915. The molecule has 0 aromatic heterocycles. The van der Waals surface area contributed by atoms with Gasteiger partial charge < -0.3 is 19.7 Å². The third kappa shape index (κ3) is 3.81. The second kappa shape index (κ2) is 7.35. The van der Waals surface area contributed by atoms with E-state index in [4.69, 9.17) is 9.47 Å². The van der Waals surface area contributed by atoms with Crippen LogP contribution in [-0.2, 0) is 6.54 Å². The number of benzene rings is 2. The number of hydrogen-bond donors (Lipinski definition) is 1. The number of anilines is 1. The molecule has 1 amide bonds. The third-order valence-electron chi connectivity index (χ3n) is 4.85. The summed E-state index contributed by atoms with van der Waals surface area (Å²) in [4.78, 5) is 17.2. The zero-order valence-electron chi connectivity index (χ0n) is 14.9. The van der Waals surface area contributed by atoms with Gasteiger partial charge in [0, 0.05) is 44.0 Å². The minimum atomic E-state index is -0.157. The zero-order chi connectivity index (χ0) is 17.9. The Morgan fingerprint density at radius 2 is 1.73 bits per heavy atom. The molecular formula is C20H23N3O3. The summed E-state index contributed by atoms with van der Waals surface area (Å²) < 4.78 is 10.6. The van der Waals surface area contributed by atoms with Crippen molar-refractivity contribution < 1.29 is 14.3 Å². The largest absolute Gasteiger partial charge is 0.454 e. The van der Waals surface area contributed by atoms with E-state index in [1.165, 1.54) is 5.56 Å². The lowest BCUT2D eigenvalue weighted by atomic mass is 10.1. The highest BCUT2D eigenvalue weighted by Gasteiger charge is 2.17. The predicted octanol–water partition coefficient (Wildman–Crippen LogP) is 2.42. The SMILES string of the molecule is CN1CCN(Cc2ccc(NC(=O)c3ccc4c(c3)OCO4)cc2)CC1. The first-order valence-corrected chi connectivity index (χ1v) is 8.88. The summed E-state index contributed by atoms with van der Waals surface area (Å²) >= 11 is 0. The summed E-state index contributed by atoms with van der Waals surface area (Å²) in [6.45, 7) is 5.57. The molecule has 2 heterocycles. The first kappa shape index (κ1) is 16.9. The van der Waals surface area contributed by atoms with Gasteiger partial charge in [0.2, 0.25) is 6.79 Å². The molecule has 1 fully saturated rings. The lowest BCUT2D eigenvalue weighted by Crippen LogP contribution is -2.43. The van der Waals surface area contributed by atoms with Gasteiger partial charge >= 0.3 is 0 Å². The average Bonchev–Trinajstić information content (AvgIpc) is 3.13. The van der Waals surface area contributed by atoms with E-state index in [9.17, 15) is 4.79 Å². The first-order valence-electron chi connectivity index (χ1n) is 8.88. The molecule has 2 aliphatic rings. The van der Waals surface area contributed by atoms with Crippen LogP contribution in [0.25, 0.3) is 0 Å². The molecule has 6 nitrogen and oxygen atoms in total. The molecule has 0 unspecified atom stereocenters. The Morgan fingerprint density at radius 1 is 1.00 bits per heavy atom. The average molecular weight is 353 g/mol. The van der Waals surface area contributed by atoms with E-state index in [1.54, 1.807) is 18.2 Å². The van der Waals surface area contributed by atoms with Gasteiger partial charge in [-0.05, 0) is 42.9 Å². The van der Waals surface area contributed by atoms with Crippen molar-refractivity contribution in [3.05, 3.63) is 53.6 Å². The summed E-state index contributed by atoms with van der Waals surface area (Å²) in [6, 6.07) is 13.3. The first-order chi connectivity index (χ1) is 12.7. The molecule has 0 aliphatic carbocycles. The van der Waals surface area contributed by atoms with Crippen LogP contribution >= 0.6 is 0 Å². The molecule has 136 valence electrons. The van der Waals surface area contributed by atoms with Crippen molar-refractivity contribution in [2.45, 2.75) is 6.54 Å². The maximum absolute atomic E-state index is 12.4. The number of piperazine rings is 1. The maximum atomic E-state index is 12.4. The molecule has 26 heavy (non-hydrogen) atoms. The molecule has 1 N–H and O–H groups in total. The van der Waals surface area contributed by atoms with Crippen LogP contribution in [0.1, 0.15) is 15.9 Å². The third-order valence-corrected chi connectivity index (χ3v) is 4.85. The minimum absolute atomic E-state index is 0.157. The van der Waals surface area contributed by atoms with Crippen molar-refractivity contribution in [3.8, 4) is 11.5 Å². The van der Waals surface area contributed by atoms with Crippen molar-refractivity contribution in [1.82, 2.24) is 9.80 Å². The smallest absolute Gasteiger partial charge is 0.255 e. The summed E-state index contributed by atoms with van der Waals surface area (Å²) in [6.07, 6.45) is 0. The fourth-order valence-corrected chi connectivity index (χ4v) is 3.20. The Hall–Kier alpha value is -2.57. The van der Waals surface area contributed by atoms with Crippen LogP contribution in [0.15, 0.2) is 42.5 Å². The maximum Gasteiger partial charge on any atom is 0.255 e. The number of amides is 1. The van der Waals surface area contributed by atoms with Gasteiger partial charge in [-0.15, -0.1) is 0 Å². The van der Waals surface area contributed by atoms with Crippen LogP contribution in [0.4, 0.5) is 5.69 Å². The second-order valence-electron chi connectivity index (χ2n) is 6.80. The van der Waals surface area contributed by atoms with Gasteiger partial charge in [-0.3, -0.25) is 9.69 Å². The molecule has 0 saturated carbocycles. The van der Waals surface area contributed by atoms with Crippen LogP contribution in [-0.4, -0.2) is 55.7 Å². The molecule has 0 radical (unpaired) electrons. The number of carbonyl (C=O) groups excluding carboxylic acids is 1.